The van der Waals surface area contributed by atoms with Gasteiger partial charge >= 0.3 is 0 Å². The van der Waals surface area contributed by atoms with E-state index in [4.69, 9.17) is 5.11 Å². The van der Waals surface area contributed by atoms with Crippen molar-refractivity contribution in [2.75, 3.05) is 0 Å². The summed E-state index contributed by atoms with van der Waals surface area (Å²) in [4.78, 5) is 0. The van der Waals surface area contributed by atoms with Gasteiger partial charge in [-0.25, -0.2) is 13.2 Å². The molecule has 3 aromatic rings. The Morgan fingerprint density at radius 3 is 1.85 bits per heavy atom. The number of halogens is 4. The fourth-order valence-electron chi connectivity index (χ4n) is 2.56. The number of rotatable bonds is 2. The first-order valence-corrected chi connectivity index (χ1v) is 8.18. The van der Waals surface area contributed by atoms with Crippen molar-refractivity contribution in [3.05, 3.63) is 88.5 Å². The lowest BCUT2D eigenvalue weighted by atomic mass is 10.0. The minimum Gasteiger partial charge on any atom is -0.505 e. The van der Waals surface area contributed by atoms with Crippen LogP contribution in [-0.4, -0.2) is 5.11 Å². The fourth-order valence-corrected chi connectivity index (χ4v) is 2.56. The lowest BCUT2D eigenvalue weighted by Crippen LogP contribution is -1.95. The van der Waals surface area contributed by atoms with Crippen molar-refractivity contribution < 1.29 is 22.7 Å². The van der Waals surface area contributed by atoms with E-state index < -0.39 is 29.0 Å². The van der Waals surface area contributed by atoms with Crippen LogP contribution >= 0.6 is 0 Å². The highest BCUT2D eigenvalue weighted by molar-refractivity contribution is 5.66. The third kappa shape index (κ3) is 3.65. The van der Waals surface area contributed by atoms with Crippen LogP contribution in [0.5, 0.6) is 5.75 Å². The highest BCUT2D eigenvalue weighted by Gasteiger charge is 2.15. The molecular weight excluding hydrogens is 356 g/mol. The van der Waals surface area contributed by atoms with Gasteiger partial charge < -0.3 is 5.11 Å². The van der Waals surface area contributed by atoms with E-state index in [-0.39, 0.29) is 16.7 Å². The van der Waals surface area contributed by atoms with Crippen molar-refractivity contribution in [3.63, 3.8) is 0 Å². The lowest BCUT2D eigenvalue weighted by molar-refractivity contribution is 0.406. The van der Waals surface area contributed by atoms with Gasteiger partial charge in [-0.3, -0.25) is 0 Å². The first-order valence-electron chi connectivity index (χ1n) is 8.18. The Morgan fingerprint density at radius 2 is 1.26 bits per heavy atom. The molecule has 3 rings (SSSR count). The number of aryl methyl sites for hydroxylation is 1. The third-order valence-corrected chi connectivity index (χ3v) is 4.15. The van der Waals surface area contributed by atoms with Crippen LogP contribution in [0.3, 0.4) is 0 Å². The summed E-state index contributed by atoms with van der Waals surface area (Å²) in [5.74, 6) is -1.32. The second-order valence-corrected chi connectivity index (χ2v) is 5.85. The molecule has 0 aliphatic heterocycles. The van der Waals surface area contributed by atoms with Gasteiger partial charge in [0, 0.05) is 5.56 Å². The van der Waals surface area contributed by atoms with Crippen LogP contribution < -0.4 is 0 Å². The maximum absolute atomic E-state index is 14.4. The minimum atomic E-state index is -1.45. The first-order chi connectivity index (χ1) is 12.9. The molecule has 1 nitrogen and oxygen atoms in total. The summed E-state index contributed by atoms with van der Waals surface area (Å²) < 4.78 is 55.8. The Kier molecular flexibility index (Phi) is 5.18. The standard InChI is InChI=1S/C22H14F4O/c1-2-13-3-5-14(6-4-13)17-11-9-15(19(23)21(17)25)7-8-16-10-12-18(27)22(26)20(16)24/h3-6,9-12,27H,2H2,1H3. The quantitative estimate of drug-likeness (QED) is 0.461. The number of aromatic hydroxyl groups is 1. The SMILES string of the molecule is CCc1ccc(-c2ccc(C#Cc3ccc(O)c(F)c3F)c(F)c2F)cc1. The molecule has 0 saturated carbocycles. The highest BCUT2D eigenvalue weighted by Crippen LogP contribution is 2.27. The van der Waals surface area contributed by atoms with Crippen molar-refractivity contribution in [3.8, 4) is 28.7 Å². The van der Waals surface area contributed by atoms with E-state index in [1.54, 1.807) is 12.1 Å². The number of phenols is 1. The number of hydrogen-bond donors (Lipinski definition) is 1. The van der Waals surface area contributed by atoms with E-state index in [1.165, 1.54) is 12.1 Å². The summed E-state index contributed by atoms with van der Waals surface area (Å²) in [6.45, 7) is 1.99. The summed E-state index contributed by atoms with van der Waals surface area (Å²) in [7, 11) is 0. The third-order valence-electron chi connectivity index (χ3n) is 4.15. The van der Waals surface area contributed by atoms with Gasteiger partial charge in [-0.05, 0) is 41.8 Å². The van der Waals surface area contributed by atoms with E-state index in [1.807, 2.05) is 19.1 Å². The number of benzene rings is 3. The summed E-state index contributed by atoms with van der Waals surface area (Å²) >= 11 is 0. The predicted molar refractivity (Wildman–Crippen MR) is 95.2 cm³/mol. The smallest absolute Gasteiger partial charge is 0.201 e. The zero-order chi connectivity index (χ0) is 19.6. The zero-order valence-corrected chi connectivity index (χ0v) is 14.3. The second kappa shape index (κ2) is 7.55. The van der Waals surface area contributed by atoms with Crippen molar-refractivity contribution >= 4 is 0 Å². The molecular formula is C22H14F4O. The molecule has 0 aliphatic carbocycles. The summed E-state index contributed by atoms with van der Waals surface area (Å²) in [6, 6.07) is 11.7. The van der Waals surface area contributed by atoms with Crippen LogP contribution in [0.4, 0.5) is 17.6 Å². The van der Waals surface area contributed by atoms with Crippen molar-refractivity contribution in [2.45, 2.75) is 13.3 Å². The van der Waals surface area contributed by atoms with E-state index >= 15 is 0 Å². The molecule has 3 aromatic carbocycles. The molecule has 0 amide bonds. The number of hydrogen-bond acceptors (Lipinski definition) is 1. The normalized spacial score (nSPS) is 10.4. The Bertz CT molecular complexity index is 1060. The van der Waals surface area contributed by atoms with Gasteiger partial charge in [-0.1, -0.05) is 43.0 Å². The van der Waals surface area contributed by atoms with E-state index in [0.29, 0.717) is 5.56 Å². The van der Waals surface area contributed by atoms with Crippen molar-refractivity contribution in [1.29, 1.82) is 0 Å². The Labute approximate surface area is 153 Å². The van der Waals surface area contributed by atoms with Gasteiger partial charge in [0.15, 0.2) is 23.2 Å². The molecule has 0 radical (unpaired) electrons. The van der Waals surface area contributed by atoms with Gasteiger partial charge in [-0.15, -0.1) is 0 Å². The van der Waals surface area contributed by atoms with E-state index in [2.05, 4.69) is 11.8 Å². The van der Waals surface area contributed by atoms with E-state index in [0.717, 1.165) is 24.1 Å². The van der Waals surface area contributed by atoms with Crippen molar-refractivity contribution in [2.24, 2.45) is 0 Å². The van der Waals surface area contributed by atoms with E-state index in [9.17, 15) is 17.6 Å². The van der Waals surface area contributed by atoms with Gasteiger partial charge in [0.1, 0.15) is 0 Å². The largest absolute Gasteiger partial charge is 0.505 e. The van der Waals surface area contributed by atoms with Crippen LogP contribution in [-0.2, 0) is 6.42 Å². The molecule has 0 fully saturated rings. The molecule has 0 unspecified atom stereocenters. The van der Waals surface area contributed by atoms with Gasteiger partial charge in [0.25, 0.3) is 0 Å². The molecule has 5 heteroatoms. The van der Waals surface area contributed by atoms with Crippen LogP contribution in [0.1, 0.15) is 23.6 Å². The minimum absolute atomic E-state index is 0.0857. The zero-order valence-electron chi connectivity index (χ0n) is 14.3. The van der Waals surface area contributed by atoms with Gasteiger partial charge in [0.05, 0.1) is 11.1 Å². The van der Waals surface area contributed by atoms with Gasteiger partial charge in [0.2, 0.25) is 5.82 Å². The lowest BCUT2D eigenvalue weighted by Gasteiger charge is -2.07. The molecule has 0 spiro atoms. The summed E-state index contributed by atoms with van der Waals surface area (Å²) in [6.07, 6.45) is 0.833. The van der Waals surface area contributed by atoms with Crippen molar-refractivity contribution in [1.82, 2.24) is 0 Å². The molecule has 0 heterocycles. The fraction of sp³-hybridized carbons (Fsp3) is 0.0909. The highest BCUT2D eigenvalue weighted by atomic mass is 19.2. The Hall–Kier alpha value is -3.26. The average molecular weight is 370 g/mol. The van der Waals surface area contributed by atoms with Crippen LogP contribution in [0, 0.1) is 35.1 Å². The Balaban J connectivity index is 1.98. The molecule has 0 bridgehead atoms. The molecule has 0 saturated heterocycles. The average Bonchev–Trinajstić information content (AvgIpc) is 2.69. The van der Waals surface area contributed by atoms with Crippen LogP contribution in [0.15, 0.2) is 48.5 Å². The number of phenolic OH excluding ortho intramolecular Hbond substituents is 1. The van der Waals surface area contributed by atoms with Crippen LogP contribution in [0.25, 0.3) is 11.1 Å². The maximum atomic E-state index is 14.4. The predicted octanol–water partition coefficient (Wildman–Crippen LogP) is 5.58. The molecule has 0 atom stereocenters. The van der Waals surface area contributed by atoms with Gasteiger partial charge in [-0.2, -0.15) is 4.39 Å². The maximum Gasteiger partial charge on any atom is 0.201 e. The first kappa shape index (κ1) is 18.5. The molecule has 0 aromatic heterocycles. The molecule has 0 aliphatic rings. The summed E-state index contributed by atoms with van der Waals surface area (Å²) in [5, 5.41) is 9.09. The molecule has 1 N–H and O–H groups in total. The molecule has 136 valence electrons. The topological polar surface area (TPSA) is 20.2 Å². The molecule has 27 heavy (non-hydrogen) atoms. The summed E-state index contributed by atoms with van der Waals surface area (Å²) in [5.41, 5.74) is 1.03. The monoisotopic (exact) mass is 370 g/mol. The second-order valence-electron chi connectivity index (χ2n) is 5.85. The van der Waals surface area contributed by atoms with Crippen LogP contribution in [0.2, 0.25) is 0 Å². The Morgan fingerprint density at radius 1 is 0.704 bits per heavy atom.